The molecule has 7 heteroatoms. The van der Waals surface area contributed by atoms with Gasteiger partial charge in [-0.3, -0.25) is 0 Å². The van der Waals surface area contributed by atoms with Gasteiger partial charge in [-0.25, -0.2) is 18.1 Å². The third kappa shape index (κ3) is 4.40. The lowest BCUT2D eigenvalue weighted by molar-refractivity contribution is 0.185. The van der Waals surface area contributed by atoms with Gasteiger partial charge < -0.3 is 9.30 Å². The van der Waals surface area contributed by atoms with Crippen LogP contribution in [-0.4, -0.2) is 44.0 Å². The van der Waals surface area contributed by atoms with Crippen molar-refractivity contribution in [2.24, 2.45) is 0 Å². The highest BCUT2D eigenvalue weighted by Crippen LogP contribution is 2.05. The van der Waals surface area contributed by atoms with Gasteiger partial charge in [-0.1, -0.05) is 0 Å². The van der Waals surface area contributed by atoms with E-state index in [0.717, 1.165) is 18.1 Å². The van der Waals surface area contributed by atoms with Gasteiger partial charge in [0.2, 0.25) is 10.0 Å². The second kappa shape index (κ2) is 6.86. The van der Waals surface area contributed by atoms with Gasteiger partial charge in [-0.05, 0) is 13.8 Å². The van der Waals surface area contributed by atoms with E-state index in [-0.39, 0.29) is 5.75 Å². The summed E-state index contributed by atoms with van der Waals surface area (Å²) in [4.78, 5) is 4.29. The van der Waals surface area contributed by atoms with E-state index >= 15 is 0 Å². The van der Waals surface area contributed by atoms with Crippen molar-refractivity contribution in [1.29, 1.82) is 0 Å². The van der Waals surface area contributed by atoms with E-state index in [1.54, 1.807) is 20.2 Å². The van der Waals surface area contributed by atoms with Crippen molar-refractivity contribution in [2.45, 2.75) is 26.8 Å². The van der Waals surface area contributed by atoms with E-state index in [2.05, 4.69) is 9.71 Å². The number of imidazole rings is 1. The predicted molar refractivity (Wildman–Crippen MR) is 70.0 cm³/mol. The molecular weight excluding hydrogens is 254 g/mol. The molecule has 0 amide bonds. The van der Waals surface area contributed by atoms with E-state index in [1.165, 1.54) is 0 Å². The summed E-state index contributed by atoms with van der Waals surface area (Å²) in [5.74, 6) is 0.979. The van der Waals surface area contributed by atoms with Gasteiger partial charge >= 0.3 is 0 Å². The molecule has 0 unspecified atom stereocenters. The Bertz CT molecular complexity index is 468. The van der Waals surface area contributed by atoms with E-state index in [1.807, 2.05) is 11.5 Å². The number of nitrogens with zero attached hydrogens (tertiary/aromatic N) is 2. The predicted octanol–water partition coefficient (Wildman–Crippen LogP) is 0.320. The molecule has 1 rings (SSSR count). The highest BCUT2D eigenvalue weighted by Gasteiger charge is 2.09. The zero-order valence-corrected chi connectivity index (χ0v) is 12.0. The third-order valence-electron chi connectivity index (χ3n) is 2.71. The average Bonchev–Trinajstić information content (AvgIpc) is 2.68. The molecule has 0 atom stereocenters. The minimum atomic E-state index is -3.12. The topological polar surface area (TPSA) is 73.2 Å². The molecule has 0 aliphatic carbocycles. The molecule has 0 radical (unpaired) electrons. The van der Waals surface area contributed by atoms with Crippen molar-refractivity contribution in [2.75, 3.05) is 26.0 Å². The van der Waals surface area contributed by atoms with Gasteiger partial charge in [0, 0.05) is 38.5 Å². The van der Waals surface area contributed by atoms with Gasteiger partial charge in [0.25, 0.3) is 0 Å². The van der Waals surface area contributed by atoms with E-state index in [4.69, 9.17) is 4.74 Å². The number of methoxy groups -OCH3 is 1. The third-order valence-corrected chi connectivity index (χ3v) is 4.11. The van der Waals surface area contributed by atoms with Crippen molar-refractivity contribution in [3.05, 3.63) is 17.7 Å². The van der Waals surface area contributed by atoms with Crippen molar-refractivity contribution < 1.29 is 13.2 Å². The Hall–Kier alpha value is -0.920. The molecule has 0 aromatic carbocycles. The first-order chi connectivity index (χ1) is 8.50. The van der Waals surface area contributed by atoms with Crippen LogP contribution in [0.3, 0.4) is 0 Å². The van der Waals surface area contributed by atoms with Crippen molar-refractivity contribution in [3.63, 3.8) is 0 Å². The van der Waals surface area contributed by atoms with Crippen molar-refractivity contribution >= 4 is 10.0 Å². The zero-order chi connectivity index (χ0) is 13.6. The van der Waals surface area contributed by atoms with Crippen LogP contribution >= 0.6 is 0 Å². The molecule has 0 fully saturated rings. The summed E-state index contributed by atoms with van der Waals surface area (Å²) < 4.78 is 32.2. The maximum atomic E-state index is 11.3. The van der Waals surface area contributed by atoms with Crippen LogP contribution in [0.25, 0.3) is 0 Å². The summed E-state index contributed by atoms with van der Waals surface area (Å²) in [6.45, 7) is 5.32. The Morgan fingerprint density at radius 3 is 2.83 bits per heavy atom. The normalized spacial score (nSPS) is 11.9. The minimum absolute atomic E-state index is 0.101. The van der Waals surface area contributed by atoms with Crippen molar-refractivity contribution in [3.8, 4) is 0 Å². The van der Waals surface area contributed by atoms with Gasteiger partial charge in [-0.2, -0.15) is 0 Å². The summed E-state index contributed by atoms with van der Waals surface area (Å²) in [7, 11) is -1.47. The fraction of sp³-hybridized carbons (Fsp3) is 0.727. The summed E-state index contributed by atoms with van der Waals surface area (Å²) in [5.41, 5.74) is 1.06. The first-order valence-corrected chi connectivity index (χ1v) is 7.62. The first kappa shape index (κ1) is 15.1. The van der Waals surface area contributed by atoms with Crippen LogP contribution in [0.15, 0.2) is 6.20 Å². The molecule has 0 spiro atoms. The Labute approximate surface area is 108 Å². The highest BCUT2D eigenvalue weighted by atomic mass is 32.2. The number of nitrogens with one attached hydrogen (secondary N) is 1. The van der Waals surface area contributed by atoms with Crippen LogP contribution in [0.4, 0.5) is 0 Å². The summed E-state index contributed by atoms with van der Waals surface area (Å²) in [6, 6.07) is 0. The molecule has 1 aromatic rings. The minimum Gasteiger partial charge on any atom is -0.383 e. The van der Waals surface area contributed by atoms with Crippen LogP contribution in [0.2, 0.25) is 0 Å². The van der Waals surface area contributed by atoms with Gasteiger partial charge in [-0.15, -0.1) is 0 Å². The maximum absolute atomic E-state index is 11.3. The number of sulfonamides is 1. The van der Waals surface area contributed by atoms with E-state index < -0.39 is 10.0 Å². The second-order valence-corrected chi connectivity index (χ2v) is 6.10. The molecule has 0 bridgehead atoms. The fourth-order valence-electron chi connectivity index (χ4n) is 1.62. The monoisotopic (exact) mass is 275 g/mol. The largest absolute Gasteiger partial charge is 0.383 e. The quantitative estimate of drug-likeness (QED) is 0.741. The van der Waals surface area contributed by atoms with Crippen LogP contribution in [0, 0.1) is 6.92 Å². The summed E-state index contributed by atoms with van der Waals surface area (Å²) in [5, 5.41) is 0. The lowest BCUT2D eigenvalue weighted by atomic mass is 10.4. The molecule has 1 aromatic heterocycles. The Balaban J connectivity index is 2.57. The molecule has 18 heavy (non-hydrogen) atoms. The smallest absolute Gasteiger partial charge is 0.211 e. The molecule has 6 nitrogen and oxygen atoms in total. The number of hydrogen-bond acceptors (Lipinski definition) is 4. The van der Waals surface area contributed by atoms with Crippen LogP contribution < -0.4 is 4.72 Å². The molecule has 104 valence electrons. The van der Waals surface area contributed by atoms with Crippen molar-refractivity contribution in [1.82, 2.24) is 14.3 Å². The molecule has 0 aliphatic heterocycles. The first-order valence-electron chi connectivity index (χ1n) is 5.97. The number of aromatic nitrogens is 2. The average molecular weight is 275 g/mol. The summed E-state index contributed by atoms with van der Waals surface area (Å²) in [6.07, 6.45) is 2.37. The molecule has 0 saturated carbocycles. The van der Waals surface area contributed by atoms with Gasteiger partial charge in [0.05, 0.1) is 12.4 Å². The standard InChI is InChI=1S/C11H21N3O3S/c1-4-18(15,16)13-6-5-11-12-9-10(2)14(11)7-8-17-3/h9,13H,4-8H2,1-3H3. The lowest BCUT2D eigenvalue weighted by Gasteiger charge is -2.10. The summed E-state index contributed by atoms with van der Waals surface area (Å²) >= 11 is 0. The molecule has 1 heterocycles. The van der Waals surface area contributed by atoms with E-state index in [0.29, 0.717) is 19.6 Å². The Morgan fingerprint density at radius 1 is 1.50 bits per heavy atom. The number of ether oxygens (including phenoxy) is 1. The molecule has 0 saturated heterocycles. The highest BCUT2D eigenvalue weighted by molar-refractivity contribution is 7.89. The van der Waals surface area contributed by atoms with Gasteiger partial charge in [0.15, 0.2) is 0 Å². The molecule has 1 N–H and O–H groups in total. The fourth-order valence-corrected chi connectivity index (χ4v) is 2.24. The van der Waals surface area contributed by atoms with Crippen LogP contribution in [-0.2, 0) is 27.7 Å². The Kier molecular flexibility index (Phi) is 5.77. The SMILES string of the molecule is CCS(=O)(=O)NCCc1ncc(C)n1CCOC. The second-order valence-electron chi connectivity index (χ2n) is 4.01. The number of aryl methyl sites for hydroxylation is 1. The molecular formula is C11H21N3O3S. The number of hydrogen-bond donors (Lipinski definition) is 1. The maximum Gasteiger partial charge on any atom is 0.211 e. The Morgan fingerprint density at radius 2 is 2.22 bits per heavy atom. The zero-order valence-electron chi connectivity index (χ0n) is 11.1. The van der Waals surface area contributed by atoms with Gasteiger partial charge in [0.1, 0.15) is 5.82 Å². The van der Waals surface area contributed by atoms with Crippen LogP contribution in [0.5, 0.6) is 0 Å². The number of rotatable bonds is 8. The van der Waals surface area contributed by atoms with E-state index in [9.17, 15) is 8.42 Å². The lowest BCUT2D eigenvalue weighted by Crippen LogP contribution is -2.28. The van der Waals surface area contributed by atoms with Crippen LogP contribution in [0.1, 0.15) is 18.4 Å². The molecule has 0 aliphatic rings.